The molecule has 6 heterocycles. The monoisotopic (exact) mass is 820 g/mol. The van der Waals surface area contributed by atoms with Crippen LogP contribution in [-0.4, -0.2) is 110 Å². The van der Waals surface area contributed by atoms with Crippen LogP contribution in [0, 0.1) is 5.92 Å². The number of aromatic nitrogens is 8. The number of rotatable bonds is 12. The molecule has 0 radical (unpaired) electrons. The van der Waals surface area contributed by atoms with Crippen LogP contribution >= 0.6 is 18.3 Å². The molecule has 5 aromatic rings. The number of carbonyl (C=O) groups is 2. The van der Waals surface area contributed by atoms with E-state index in [1.54, 1.807) is 32.0 Å². The second-order valence-corrected chi connectivity index (χ2v) is 16.0. The Kier molecular flexibility index (Phi) is 11.0. The number of anilines is 2. The highest BCUT2D eigenvalue weighted by atomic mass is 35.5. The molecule has 21 nitrogen and oxygen atoms in total. The van der Waals surface area contributed by atoms with Crippen molar-refractivity contribution in [3.63, 3.8) is 0 Å². The van der Waals surface area contributed by atoms with Crippen LogP contribution in [-0.2, 0) is 39.9 Å². The van der Waals surface area contributed by atoms with Crippen LogP contribution in [0.4, 0.5) is 11.8 Å². The first-order valence-corrected chi connectivity index (χ1v) is 19.6. The fraction of sp³-hybridized carbons (Fsp3) is 0.419. The normalized spacial score (nSPS) is 25.1. The molecule has 0 saturated carbocycles. The van der Waals surface area contributed by atoms with E-state index in [0.29, 0.717) is 0 Å². The lowest BCUT2D eigenvalue weighted by molar-refractivity contribution is -0.118. The van der Waals surface area contributed by atoms with Gasteiger partial charge >= 0.3 is 12.7 Å². The zero-order valence-corrected chi connectivity index (χ0v) is 31.3. The Balaban J connectivity index is 1.10. The van der Waals surface area contributed by atoms with Gasteiger partial charge in [-0.15, -0.1) is 0 Å². The molecule has 7 rings (SSSR count). The molecule has 4 aromatic heterocycles. The predicted octanol–water partition coefficient (Wildman–Crippen LogP) is 1.17. The Morgan fingerprint density at radius 3 is 2.55 bits per heavy atom. The van der Waals surface area contributed by atoms with Crippen LogP contribution in [0.2, 0.25) is 5.28 Å². The number of amides is 1. The van der Waals surface area contributed by atoms with E-state index in [0.717, 1.165) is 0 Å². The average Bonchev–Trinajstić information content (AvgIpc) is 3.92. The predicted molar refractivity (Wildman–Crippen MR) is 195 cm³/mol. The largest absolute Gasteiger partial charge is 0.451 e. The first kappa shape index (κ1) is 38.8. The molecule has 55 heavy (non-hydrogen) atoms. The van der Waals surface area contributed by atoms with Crippen molar-refractivity contribution in [3.8, 4) is 0 Å². The molecular weight excluding hydrogens is 787 g/mol. The highest BCUT2D eigenvalue weighted by molar-refractivity contribution is 8.07. The fourth-order valence-electron chi connectivity index (χ4n) is 6.04. The Labute approximate surface area is 320 Å². The van der Waals surface area contributed by atoms with Gasteiger partial charge in [0.2, 0.25) is 17.1 Å². The number of nitrogens with one attached hydrogen (secondary N) is 2. The summed E-state index contributed by atoms with van der Waals surface area (Å²) in [6, 6.07) is 7.99. The number of aromatic amines is 1. The summed E-state index contributed by atoms with van der Waals surface area (Å²) in [4.78, 5) is 72.9. The lowest BCUT2D eigenvalue weighted by Crippen LogP contribution is -2.37. The molecule has 2 saturated heterocycles. The molecule has 1 aromatic carbocycles. The third-order valence-corrected chi connectivity index (χ3v) is 10.6. The fourth-order valence-corrected chi connectivity index (χ4v) is 7.69. The number of ether oxygens (including phenoxy) is 3. The number of nitrogens with zero attached hydrogens (tertiary/aromatic N) is 7. The second kappa shape index (κ2) is 15.6. The van der Waals surface area contributed by atoms with Crippen LogP contribution in [0.25, 0.3) is 22.3 Å². The quantitative estimate of drug-likeness (QED) is 0.0585. The number of aliphatic hydroxyl groups excluding tert-OH is 2. The van der Waals surface area contributed by atoms with Crippen molar-refractivity contribution in [2.75, 3.05) is 24.3 Å². The molecule has 7 N–H and O–H groups in total. The number of H-pyrrole nitrogens is 1. The number of benzene rings is 1. The van der Waals surface area contributed by atoms with Gasteiger partial charge < -0.3 is 44.1 Å². The Morgan fingerprint density at radius 1 is 1.11 bits per heavy atom. The SMILES string of the molecule is CC(C)C(=O)Nc1nc2c(ncn2[C@@H]2O[C@H](COP(O)(=S)OC3C[C@H](n4cnc5c(N)nc(Cl)nc54)O[C@@H]3CO)C(O)[C@@H]2OC(=O)c2ccccc2)c(=O)[nH]1. The van der Waals surface area contributed by atoms with Gasteiger partial charge in [0, 0.05) is 12.3 Å². The molecule has 2 aliphatic rings. The van der Waals surface area contributed by atoms with Gasteiger partial charge in [-0.05, 0) is 35.5 Å². The van der Waals surface area contributed by atoms with Gasteiger partial charge in [0.15, 0.2) is 35.0 Å². The number of halogens is 1. The summed E-state index contributed by atoms with van der Waals surface area (Å²) in [5.41, 5.74) is 5.76. The molecule has 2 fully saturated rings. The van der Waals surface area contributed by atoms with Crippen molar-refractivity contribution in [1.82, 2.24) is 39.0 Å². The van der Waals surface area contributed by atoms with E-state index in [4.69, 9.17) is 52.4 Å². The van der Waals surface area contributed by atoms with E-state index in [9.17, 15) is 29.5 Å². The van der Waals surface area contributed by atoms with Gasteiger partial charge in [0.1, 0.15) is 30.1 Å². The number of nitrogen functional groups attached to an aromatic ring is 1. The Hall–Kier alpha value is -4.48. The van der Waals surface area contributed by atoms with Gasteiger partial charge in [-0.1, -0.05) is 32.0 Å². The van der Waals surface area contributed by atoms with Crippen LogP contribution in [0.3, 0.4) is 0 Å². The van der Waals surface area contributed by atoms with Gasteiger partial charge in [0.25, 0.3) is 5.56 Å². The summed E-state index contributed by atoms with van der Waals surface area (Å²) in [6.45, 7) is -1.92. The van der Waals surface area contributed by atoms with E-state index in [-0.39, 0.29) is 51.4 Å². The van der Waals surface area contributed by atoms with Crippen molar-refractivity contribution in [2.24, 2.45) is 5.92 Å². The van der Waals surface area contributed by atoms with E-state index in [1.807, 2.05) is 0 Å². The summed E-state index contributed by atoms with van der Waals surface area (Å²) in [6.07, 6.45) is -5.74. The Bertz CT molecular complexity index is 2350. The van der Waals surface area contributed by atoms with E-state index in [2.05, 4.69) is 35.2 Å². The first-order valence-electron chi connectivity index (χ1n) is 16.7. The number of esters is 1. The van der Waals surface area contributed by atoms with E-state index in [1.165, 1.54) is 33.9 Å². The third kappa shape index (κ3) is 7.96. The lowest BCUT2D eigenvalue weighted by Gasteiger charge is -2.24. The lowest BCUT2D eigenvalue weighted by atomic mass is 10.1. The summed E-state index contributed by atoms with van der Waals surface area (Å²) in [5.74, 6) is -1.77. The maximum atomic E-state index is 13.2. The van der Waals surface area contributed by atoms with E-state index >= 15 is 0 Å². The van der Waals surface area contributed by atoms with Crippen molar-refractivity contribution in [3.05, 3.63) is 64.2 Å². The van der Waals surface area contributed by atoms with E-state index < -0.39 is 86.3 Å². The van der Waals surface area contributed by atoms with Crippen LogP contribution in [0.15, 0.2) is 47.8 Å². The molecule has 0 aliphatic carbocycles. The zero-order chi connectivity index (χ0) is 39.2. The van der Waals surface area contributed by atoms with Crippen molar-refractivity contribution >= 4 is 76.1 Å². The highest BCUT2D eigenvalue weighted by Crippen LogP contribution is 2.50. The number of hydrogen-bond acceptors (Lipinski definition) is 17. The number of imidazole rings is 2. The summed E-state index contributed by atoms with van der Waals surface area (Å²) >= 11 is 11.3. The molecule has 24 heteroatoms. The number of carbonyl (C=O) groups excluding carboxylic acids is 2. The summed E-state index contributed by atoms with van der Waals surface area (Å²) in [7, 11) is 0. The number of hydrogen-bond donors (Lipinski definition) is 6. The highest BCUT2D eigenvalue weighted by Gasteiger charge is 2.49. The molecule has 0 bridgehead atoms. The molecular formula is C31H34ClN10O11PS. The number of fused-ring (bicyclic) bond motifs is 2. The van der Waals surface area contributed by atoms with Crippen molar-refractivity contribution in [1.29, 1.82) is 0 Å². The molecule has 3 unspecified atom stereocenters. The first-order chi connectivity index (χ1) is 26.2. The van der Waals surface area contributed by atoms with Crippen LogP contribution < -0.4 is 16.6 Å². The van der Waals surface area contributed by atoms with Crippen molar-refractivity contribution in [2.45, 2.75) is 63.2 Å². The third-order valence-electron chi connectivity index (χ3n) is 8.80. The molecule has 8 atom stereocenters. The topological polar surface area (TPSA) is 286 Å². The van der Waals surface area contributed by atoms with Gasteiger partial charge in [-0.25, -0.2) is 14.8 Å². The average molecular weight is 821 g/mol. The standard InChI is InChI=1S/C31H34ClN10O11PS/c1-13(2)26(45)39-31-38-25-20(27(46)40-31)35-12-42(25)28-22(52-29(47)14-6-4-3-5-7-14)21(44)17(51-28)10-49-54(48,55)53-15-8-18(50-16(15)9-43)41-11-34-19-23(33)36-30(32)37-24(19)41/h3-7,11-13,15-18,21-22,28,43-44H,8-10H2,1-2H3,(H,48,55)(H2,33,36,37)(H2,38,39,40,45,46)/t15?,16-,17-,18-,21?,22+,28-,54?/m1/s1. The van der Waals surface area contributed by atoms with Gasteiger partial charge in [-0.3, -0.25) is 29.0 Å². The maximum Gasteiger partial charge on any atom is 0.338 e. The van der Waals surface area contributed by atoms with Gasteiger partial charge in [0.05, 0.1) is 37.5 Å². The summed E-state index contributed by atoms with van der Waals surface area (Å²) in [5, 5.41) is 24.0. The number of aliphatic hydroxyl groups is 2. The van der Waals surface area contributed by atoms with Crippen LogP contribution in [0.1, 0.15) is 43.1 Å². The smallest absolute Gasteiger partial charge is 0.338 e. The molecule has 292 valence electrons. The number of nitrogens with two attached hydrogens (primary N) is 1. The summed E-state index contributed by atoms with van der Waals surface area (Å²) < 4.78 is 32.1. The minimum atomic E-state index is -4.15. The molecule has 2 aliphatic heterocycles. The zero-order valence-electron chi connectivity index (χ0n) is 28.8. The molecule has 1 amide bonds. The minimum absolute atomic E-state index is 0.0548. The maximum absolute atomic E-state index is 13.2. The van der Waals surface area contributed by atoms with Crippen LogP contribution in [0.5, 0.6) is 0 Å². The second-order valence-electron chi connectivity index (χ2n) is 12.8. The minimum Gasteiger partial charge on any atom is -0.451 e. The van der Waals surface area contributed by atoms with Crippen molar-refractivity contribution < 1.29 is 48.0 Å². The Morgan fingerprint density at radius 2 is 1.82 bits per heavy atom. The van der Waals surface area contributed by atoms with Gasteiger partial charge in [-0.2, -0.15) is 15.0 Å². The molecule has 0 spiro atoms.